The molecule has 1 aliphatic heterocycles. The third-order valence-corrected chi connectivity index (χ3v) is 5.04. The number of anilines is 1. The van der Waals surface area contributed by atoms with E-state index < -0.39 is 0 Å². The predicted octanol–water partition coefficient (Wildman–Crippen LogP) is 3.23. The van der Waals surface area contributed by atoms with Gasteiger partial charge in [-0.1, -0.05) is 12.8 Å². The maximum absolute atomic E-state index is 13.0. The first-order valence-electron chi connectivity index (χ1n) is 8.16. The molecule has 0 bridgehead atoms. The number of piperidine rings is 1. The van der Waals surface area contributed by atoms with Crippen molar-refractivity contribution >= 4 is 11.6 Å². The molecular formula is C17H25N3O. The minimum absolute atomic E-state index is 0.156. The molecule has 1 saturated heterocycles. The van der Waals surface area contributed by atoms with E-state index in [-0.39, 0.29) is 5.91 Å². The van der Waals surface area contributed by atoms with Crippen molar-refractivity contribution in [3.8, 4) is 0 Å². The Labute approximate surface area is 126 Å². The number of rotatable bonds is 2. The number of fused-ring (bicyclic) bond motifs is 1. The number of hydrogen-bond donors (Lipinski definition) is 1. The Hall–Kier alpha value is -1.58. The molecule has 114 valence electrons. The van der Waals surface area contributed by atoms with Crippen LogP contribution in [0.5, 0.6) is 0 Å². The molecule has 0 spiro atoms. The number of nitrogens with zero attached hydrogens (tertiary/aromatic N) is 2. The van der Waals surface area contributed by atoms with Crippen molar-refractivity contribution in [1.82, 2.24) is 9.88 Å². The zero-order valence-corrected chi connectivity index (χ0v) is 13.1. The van der Waals surface area contributed by atoms with Crippen molar-refractivity contribution < 1.29 is 4.79 Å². The zero-order valence-electron chi connectivity index (χ0n) is 13.1. The van der Waals surface area contributed by atoms with Crippen molar-refractivity contribution in [3.63, 3.8) is 0 Å². The van der Waals surface area contributed by atoms with Crippen LogP contribution in [0.15, 0.2) is 12.3 Å². The minimum Gasteiger partial charge on any atom is -0.387 e. The summed E-state index contributed by atoms with van der Waals surface area (Å²) in [5.74, 6) is 0.872. The van der Waals surface area contributed by atoms with Crippen LogP contribution in [0, 0.1) is 12.8 Å². The maximum atomic E-state index is 13.0. The van der Waals surface area contributed by atoms with Gasteiger partial charge in [0.25, 0.3) is 5.91 Å². The van der Waals surface area contributed by atoms with Crippen LogP contribution in [-0.4, -0.2) is 35.4 Å². The lowest BCUT2D eigenvalue weighted by Gasteiger charge is -2.44. The fraction of sp³-hybridized carbons (Fsp3) is 0.647. The van der Waals surface area contributed by atoms with E-state index in [1.807, 2.05) is 20.0 Å². The van der Waals surface area contributed by atoms with E-state index in [4.69, 9.17) is 0 Å². The van der Waals surface area contributed by atoms with Gasteiger partial charge in [-0.15, -0.1) is 0 Å². The summed E-state index contributed by atoms with van der Waals surface area (Å²) in [6.07, 6.45) is 9.22. The van der Waals surface area contributed by atoms with Gasteiger partial charge in [0.2, 0.25) is 0 Å². The molecule has 3 rings (SSSR count). The molecular weight excluding hydrogens is 262 g/mol. The zero-order chi connectivity index (χ0) is 14.8. The second-order valence-corrected chi connectivity index (χ2v) is 6.37. The Kier molecular flexibility index (Phi) is 4.13. The minimum atomic E-state index is 0.156. The number of aryl methyl sites for hydroxylation is 1. The van der Waals surface area contributed by atoms with Gasteiger partial charge in [-0.3, -0.25) is 9.78 Å². The lowest BCUT2D eigenvalue weighted by molar-refractivity contribution is 0.0391. The molecule has 4 heteroatoms. The number of hydrogen-bond acceptors (Lipinski definition) is 3. The van der Waals surface area contributed by atoms with Crippen molar-refractivity contribution in [2.24, 2.45) is 5.92 Å². The summed E-state index contributed by atoms with van der Waals surface area (Å²) in [6.45, 7) is 2.85. The lowest BCUT2D eigenvalue weighted by atomic mass is 9.78. The third-order valence-electron chi connectivity index (χ3n) is 5.04. The van der Waals surface area contributed by atoms with Crippen LogP contribution in [0.2, 0.25) is 0 Å². The average Bonchev–Trinajstić information content (AvgIpc) is 2.53. The standard InChI is InChI=1S/C17H25N3O/c1-12-10-15(18-2)14(11-19-12)17(21)20-9-5-7-13-6-3-4-8-16(13)20/h10-11,13,16H,3-9H2,1-2H3,(H,18,19). The molecule has 2 atom stereocenters. The molecule has 1 aromatic rings. The molecule has 2 fully saturated rings. The van der Waals surface area contributed by atoms with Gasteiger partial charge >= 0.3 is 0 Å². The second kappa shape index (κ2) is 6.04. The SMILES string of the molecule is CNc1cc(C)ncc1C(=O)N1CCCC2CCCCC21. The van der Waals surface area contributed by atoms with E-state index in [0.29, 0.717) is 17.5 Å². The van der Waals surface area contributed by atoms with E-state index in [2.05, 4.69) is 15.2 Å². The van der Waals surface area contributed by atoms with Crippen molar-refractivity contribution in [2.45, 2.75) is 51.5 Å². The van der Waals surface area contributed by atoms with Gasteiger partial charge in [-0.05, 0) is 44.6 Å². The van der Waals surface area contributed by atoms with Gasteiger partial charge in [-0.2, -0.15) is 0 Å². The van der Waals surface area contributed by atoms with E-state index in [9.17, 15) is 4.79 Å². The molecule has 2 heterocycles. The van der Waals surface area contributed by atoms with Crippen LogP contribution in [0.3, 0.4) is 0 Å². The first kappa shape index (κ1) is 14.4. The van der Waals surface area contributed by atoms with Crippen LogP contribution in [0.1, 0.15) is 54.6 Å². The second-order valence-electron chi connectivity index (χ2n) is 6.37. The summed E-state index contributed by atoms with van der Waals surface area (Å²) < 4.78 is 0. The summed E-state index contributed by atoms with van der Waals surface area (Å²) >= 11 is 0. The van der Waals surface area contributed by atoms with Crippen molar-refractivity contribution in [3.05, 3.63) is 23.5 Å². The highest BCUT2D eigenvalue weighted by Gasteiger charge is 2.36. The fourth-order valence-corrected chi connectivity index (χ4v) is 3.97. The van der Waals surface area contributed by atoms with Crippen molar-refractivity contribution in [1.29, 1.82) is 0 Å². The summed E-state index contributed by atoms with van der Waals surface area (Å²) in [5.41, 5.74) is 2.55. The van der Waals surface area contributed by atoms with E-state index >= 15 is 0 Å². The van der Waals surface area contributed by atoms with Gasteiger partial charge in [0.05, 0.1) is 11.3 Å². The molecule has 2 unspecified atom stereocenters. The normalized spacial score (nSPS) is 25.3. The molecule has 0 aromatic carbocycles. The lowest BCUT2D eigenvalue weighted by Crippen LogP contribution is -2.49. The number of likely N-dealkylation sites (tertiary alicyclic amines) is 1. The van der Waals surface area contributed by atoms with Crippen molar-refractivity contribution in [2.75, 3.05) is 18.9 Å². The number of carbonyl (C=O) groups is 1. The first-order chi connectivity index (χ1) is 10.2. The topological polar surface area (TPSA) is 45.2 Å². The van der Waals surface area contributed by atoms with Gasteiger partial charge < -0.3 is 10.2 Å². The highest BCUT2D eigenvalue weighted by molar-refractivity contribution is 5.99. The Morgan fingerprint density at radius 2 is 2.05 bits per heavy atom. The van der Waals surface area contributed by atoms with Gasteiger partial charge in [0.1, 0.15) is 0 Å². The van der Waals surface area contributed by atoms with E-state index in [1.165, 1.54) is 32.1 Å². The highest BCUT2D eigenvalue weighted by atomic mass is 16.2. The van der Waals surface area contributed by atoms with Gasteiger partial charge in [0.15, 0.2) is 0 Å². The number of pyridine rings is 1. The summed E-state index contributed by atoms with van der Waals surface area (Å²) in [5, 5.41) is 3.14. The first-order valence-corrected chi connectivity index (χ1v) is 8.16. The van der Waals surface area contributed by atoms with Crippen LogP contribution >= 0.6 is 0 Å². The molecule has 1 N–H and O–H groups in total. The molecule has 4 nitrogen and oxygen atoms in total. The fourth-order valence-electron chi connectivity index (χ4n) is 3.97. The van der Waals surface area contributed by atoms with Gasteiger partial charge in [-0.25, -0.2) is 0 Å². The van der Waals surface area contributed by atoms with E-state index in [1.54, 1.807) is 6.20 Å². The molecule has 21 heavy (non-hydrogen) atoms. The smallest absolute Gasteiger partial charge is 0.257 e. The Bertz CT molecular complexity index is 527. The number of aromatic nitrogens is 1. The summed E-state index contributed by atoms with van der Waals surface area (Å²) in [6, 6.07) is 2.40. The predicted molar refractivity (Wildman–Crippen MR) is 84.5 cm³/mol. The number of carbonyl (C=O) groups excluding carboxylic acids is 1. The summed E-state index contributed by atoms with van der Waals surface area (Å²) in [7, 11) is 1.87. The van der Waals surface area contributed by atoms with E-state index in [0.717, 1.165) is 24.3 Å². The molecule has 1 aromatic heterocycles. The average molecular weight is 287 g/mol. The van der Waals surface area contributed by atoms with Gasteiger partial charge in [0, 0.05) is 31.5 Å². The molecule has 1 amide bonds. The molecule has 1 aliphatic carbocycles. The monoisotopic (exact) mass is 287 g/mol. The largest absolute Gasteiger partial charge is 0.387 e. The summed E-state index contributed by atoms with van der Waals surface area (Å²) in [4.78, 5) is 19.4. The molecule has 1 saturated carbocycles. The van der Waals surface area contributed by atoms with Crippen LogP contribution in [0.4, 0.5) is 5.69 Å². The Balaban J connectivity index is 1.87. The quantitative estimate of drug-likeness (QED) is 0.908. The third kappa shape index (κ3) is 2.76. The number of nitrogens with one attached hydrogen (secondary N) is 1. The maximum Gasteiger partial charge on any atom is 0.257 e. The Morgan fingerprint density at radius 3 is 2.86 bits per heavy atom. The number of amides is 1. The molecule has 2 aliphatic rings. The van der Waals surface area contributed by atoms with Crippen LogP contribution < -0.4 is 5.32 Å². The van der Waals surface area contributed by atoms with Crippen LogP contribution in [-0.2, 0) is 0 Å². The molecule has 0 radical (unpaired) electrons. The highest BCUT2D eigenvalue weighted by Crippen LogP contribution is 2.36. The Morgan fingerprint density at radius 1 is 1.29 bits per heavy atom. The van der Waals surface area contributed by atoms with Crippen LogP contribution in [0.25, 0.3) is 0 Å².